The van der Waals surface area contributed by atoms with Crippen LogP contribution >= 0.6 is 11.3 Å². The topological polar surface area (TPSA) is 58.8 Å². The third-order valence-corrected chi connectivity index (χ3v) is 5.97. The maximum Gasteiger partial charge on any atom is 0.272 e. The number of nitrogens with zero attached hydrogens (tertiary/aromatic N) is 6. The summed E-state index contributed by atoms with van der Waals surface area (Å²) >= 11 is 1.64. The van der Waals surface area contributed by atoms with E-state index >= 15 is 0 Å². The molecule has 1 aliphatic rings. The smallest absolute Gasteiger partial charge is 0.272 e. The zero-order valence-electron chi connectivity index (χ0n) is 16.1. The van der Waals surface area contributed by atoms with Crippen LogP contribution in [0.5, 0.6) is 5.88 Å². The SMILES string of the molecule is FC(F)COc1ncnc2ccc(N3CCN(Cc4cn5ccsc5n4)CC3)cc12. The van der Waals surface area contributed by atoms with E-state index in [0.717, 1.165) is 49.1 Å². The Morgan fingerprint density at radius 1 is 1.13 bits per heavy atom. The van der Waals surface area contributed by atoms with Crippen LogP contribution in [-0.4, -0.2) is 63.5 Å². The Hall–Kier alpha value is -2.85. The van der Waals surface area contributed by atoms with Gasteiger partial charge in [0.25, 0.3) is 6.43 Å². The van der Waals surface area contributed by atoms with Crippen LogP contribution in [0.4, 0.5) is 14.5 Å². The van der Waals surface area contributed by atoms with E-state index in [1.54, 1.807) is 11.3 Å². The first-order valence-corrected chi connectivity index (χ1v) is 10.6. The third kappa shape index (κ3) is 3.92. The normalized spacial score (nSPS) is 15.5. The quantitative estimate of drug-likeness (QED) is 0.468. The number of piperazine rings is 1. The van der Waals surface area contributed by atoms with Gasteiger partial charge in [0.05, 0.1) is 16.6 Å². The van der Waals surface area contributed by atoms with Gasteiger partial charge in [-0.3, -0.25) is 9.30 Å². The van der Waals surface area contributed by atoms with Crippen LogP contribution in [0.15, 0.2) is 42.3 Å². The Morgan fingerprint density at radius 2 is 2.00 bits per heavy atom. The molecular formula is C20H20F2N6OS. The summed E-state index contributed by atoms with van der Waals surface area (Å²) in [7, 11) is 0. The van der Waals surface area contributed by atoms with Gasteiger partial charge in [-0.1, -0.05) is 0 Å². The Bertz CT molecular complexity index is 1130. The van der Waals surface area contributed by atoms with Crippen molar-refractivity contribution in [2.45, 2.75) is 13.0 Å². The lowest BCUT2D eigenvalue weighted by molar-refractivity contribution is 0.0804. The van der Waals surface area contributed by atoms with E-state index in [1.165, 1.54) is 6.33 Å². The second-order valence-corrected chi connectivity index (χ2v) is 8.04. The largest absolute Gasteiger partial charge is 0.471 e. The van der Waals surface area contributed by atoms with Crippen molar-refractivity contribution in [3.05, 3.63) is 48.0 Å². The lowest BCUT2D eigenvalue weighted by Crippen LogP contribution is -2.46. The highest BCUT2D eigenvalue weighted by molar-refractivity contribution is 7.15. The number of alkyl halides is 2. The van der Waals surface area contributed by atoms with Gasteiger partial charge in [0, 0.05) is 56.2 Å². The van der Waals surface area contributed by atoms with Crippen LogP contribution in [0.3, 0.4) is 0 Å². The van der Waals surface area contributed by atoms with Gasteiger partial charge in [0.15, 0.2) is 11.6 Å². The zero-order valence-corrected chi connectivity index (χ0v) is 16.9. The van der Waals surface area contributed by atoms with Gasteiger partial charge >= 0.3 is 0 Å². The monoisotopic (exact) mass is 430 g/mol. The van der Waals surface area contributed by atoms with Crippen molar-refractivity contribution < 1.29 is 13.5 Å². The number of aromatic nitrogens is 4. The van der Waals surface area contributed by atoms with Crippen LogP contribution in [0.25, 0.3) is 15.9 Å². The maximum absolute atomic E-state index is 12.5. The third-order valence-electron chi connectivity index (χ3n) is 5.19. The van der Waals surface area contributed by atoms with Crippen molar-refractivity contribution in [1.29, 1.82) is 0 Å². The van der Waals surface area contributed by atoms with E-state index in [-0.39, 0.29) is 5.88 Å². The van der Waals surface area contributed by atoms with Gasteiger partial charge in [-0.15, -0.1) is 11.3 Å². The molecule has 7 nitrogen and oxygen atoms in total. The molecule has 0 amide bonds. The molecule has 1 fully saturated rings. The molecule has 0 bridgehead atoms. The molecule has 0 atom stereocenters. The summed E-state index contributed by atoms with van der Waals surface area (Å²) in [4.78, 5) is 18.6. The molecule has 1 aromatic carbocycles. The summed E-state index contributed by atoms with van der Waals surface area (Å²) in [5.74, 6) is 0.195. The van der Waals surface area contributed by atoms with Crippen LogP contribution in [0.1, 0.15) is 5.69 Å². The van der Waals surface area contributed by atoms with Crippen LogP contribution in [0, 0.1) is 0 Å². The molecule has 10 heteroatoms. The fraction of sp³-hybridized carbons (Fsp3) is 0.350. The molecule has 30 heavy (non-hydrogen) atoms. The van der Waals surface area contributed by atoms with Gasteiger partial charge in [0.2, 0.25) is 5.88 Å². The minimum absolute atomic E-state index is 0.195. The molecule has 1 aliphatic heterocycles. The van der Waals surface area contributed by atoms with Crippen LogP contribution in [0.2, 0.25) is 0 Å². The van der Waals surface area contributed by atoms with E-state index < -0.39 is 13.0 Å². The maximum atomic E-state index is 12.5. The van der Waals surface area contributed by atoms with Crippen molar-refractivity contribution >= 4 is 32.9 Å². The lowest BCUT2D eigenvalue weighted by atomic mass is 10.2. The average molecular weight is 430 g/mol. The predicted molar refractivity (Wildman–Crippen MR) is 112 cm³/mol. The average Bonchev–Trinajstić information content (AvgIpc) is 3.34. The van der Waals surface area contributed by atoms with Gasteiger partial charge in [-0.05, 0) is 18.2 Å². The Balaban J connectivity index is 1.27. The van der Waals surface area contributed by atoms with E-state index in [2.05, 4.69) is 35.3 Å². The molecule has 0 radical (unpaired) electrons. The molecular weight excluding hydrogens is 410 g/mol. The van der Waals surface area contributed by atoms with E-state index in [9.17, 15) is 8.78 Å². The molecule has 0 N–H and O–H groups in total. The second kappa shape index (κ2) is 8.11. The molecule has 3 aromatic heterocycles. The highest BCUT2D eigenvalue weighted by Gasteiger charge is 2.19. The predicted octanol–water partition coefficient (Wildman–Crippen LogP) is 3.31. The molecule has 0 aliphatic carbocycles. The number of fused-ring (bicyclic) bond motifs is 2. The highest BCUT2D eigenvalue weighted by Crippen LogP contribution is 2.28. The molecule has 0 saturated carbocycles. The summed E-state index contributed by atoms with van der Waals surface area (Å²) in [6.45, 7) is 3.73. The van der Waals surface area contributed by atoms with Crippen LogP contribution in [-0.2, 0) is 6.54 Å². The van der Waals surface area contributed by atoms with E-state index in [0.29, 0.717) is 10.9 Å². The molecule has 0 unspecified atom stereocenters. The van der Waals surface area contributed by atoms with E-state index in [1.807, 2.05) is 29.8 Å². The zero-order chi connectivity index (χ0) is 20.5. The van der Waals surface area contributed by atoms with Gasteiger partial charge < -0.3 is 9.64 Å². The van der Waals surface area contributed by atoms with Crippen LogP contribution < -0.4 is 9.64 Å². The summed E-state index contributed by atoms with van der Waals surface area (Å²) in [6, 6.07) is 5.81. The fourth-order valence-corrected chi connectivity index (χ4v) is 4.44. The first kappa shape index (κ1) is 19.1. The minimum Gasteiger partial charge on any atom is -0.471 e. The molecule has 156 valence electrons. The second-order valence-electron chi connectivity index (χ2n) is 7.17. The van der Waals surface area contributed by atoms with Gasteiger partial charge in [0.1, 0.15) is 6.33 Å². The lowest BCUT2D eigenvalue weighted by Gasteiger charge is -2.35. The molecule has 4 aromatic rings. The molecule has 0 spiro atoms. The highest BCUT2D eigenvalue weighted by atomic mass is 32.1. The number of anilines is 1. The number of thiazole rings is 1. The van der Waals surface area contributed by atoms with Gasteiger partial charge in [-0.25, -0.2) is 23.7 Å². The number of imidazole rings is 1. The van der Waals surface area contributed by atoms with Crippen molar-refractivity contribution in [3.63, 3.8) is 0 Å². The number of ether oxygens (including phenoxy) is 1. The number of hydrogen-bond acceptors (Lipinski definition) is 7. The molecule has 1 saturated heterocycles. The summed E-state index contributed by atoms with van der Waals surface area (Å²) in [5, 5.41) is 2.68. The summed E-state index contributed by atoms with van der Waals surface area (Å²) in [5.41, 5.74) is 2.77. The Labute approximate surface area is 175 Å². The standard InChI is InChI=1S/C20H20F2N6OS/c21-18(22)12-29-19-16-9-15(1-2-17(16)23-13-24-19)27-5-3-26(4-6-27)10-14-11-28-7-8-30-20(28)25-14/h1-2,7-9,11,13,18H,3-6,10,12H2. The molecule has 5 rings (SSSR count). The Kier molecular flexibility index (Phi) is 5.17. The number of rotatable bonds is 6. The van der Waals surface area contributed by atoms with Gasteiger partial charge in [-0.2, -0.15) is 0 Å². The summed E-state index contributed by atoms with van der Waals surface area (Å²) in [6.07, 6.45) is 2.90. The minimum atomic E-state index is -2.54. The molecule has 4 heterocycles. The van der Waals surface area contributed by atoms with Crippen molar-refractivity contribution in [2.24, 2.45) is 0 Å². The summed E-state index contributed by atoms with van der Waals surface area (Å²) < 4.78 is 32.3. The Morgan fingerprint density at radius 3 is 2.80 bits per heavy atom. The van der Waals surface area contributed by atoms with E-state index in [4.69, 9.17) is 4.74 Å². The fourth-order valence-electron chi connectivity index (χ4n) is 3.72. The van der Waals surface area contributed by atoms with Crippen molar-refractivity contribution in [2.75, 3.05) is 37.7 Å². The number of hydrogen-bond donors (Lipinski definition) is 0. The van der Waals surface area contributed by atoms with Crippen molar-refractivity contribution in [1.82, 2.24) is 24.3 Å². The first-order chi connectivity index (χ1) is 14.7. The first-order valence-electron chi connectivity index (χ1n) is 9.70. The number of benzene rings is 1. The number of halogens is 2. The van der Waals surface area contributed by atoms with Crippen molar-refractivity contribution in [3.8, 4) is 5.88 Å².